The van der Waals surface area contributed by atoms with Crippen LogP contribution in [-0.4, -0.2) is 23.5 Å². The number of aryl methyl sites for hydroxylation is 2. The third-order valence-electron chi connectivity index (χ3n) is 4.18. The van der Waals surface area contributed by atoms with Crippen molar-refractivity contribution in [2.75, 3.05) is 6.54 Å². The highest BCUT2D eigenvalue weighted by Gasteiger charge is 2.39. The van der Waals surface area contributed by atoms with Crippen molar-refractivity contribution in [2.24, 2.45) is 4.99 Å². The molecule has 2 aromatic rings. The number of hydrogen-bond donors (Lipinski definition) is 2. The number of nitrogens with zero attached hydrogens (tertiary/aromatic N) is 2. The maximum absolute atomic E-state index is 6.08. The van der Waals surface area contributed by atoms with Crippen molar-refractivity contribution in [3.63, 3.8) is 0 Å². The van der Waals surface area contributed by atoms with Gasteiger partial charge in [-0.05, 0) is 44.9 Å². The van der Waals surface area contributed by atoms with Crippen molar-refractivity contribution >= 4 is 17.6 Å². The number of oxazole rings is 1. The van der Waals surface area contributed by atoms with Crippen LogP contribution in [-0.2, 0) is 6.54 Å². The number of guanidine groups is 1. The zero-order chi connectivity index (χ0) is 17.1. The van der Waals surface area contributed by atoms with E-state index in [1.807, 2.05) is 32.0 Å². The van der Waals surface area contributed by atoms with Gasteiger partial charge >= 0.3 is 0 Å². The molecule has 0 aliphatic heterocycles. The van der Waals surface area contributed by atoms with Crippen LogP contribution in [0.25, 0.3) is 0 Å². The van der Waals surface area contributed by atoms with Crippen LogP contribution in [0.3, 0.4) is 0 Å². The molecule has 2 unspecified atom stereocenters. The molecule has 0 amide bonds. The van der Waals surface area contributed by atoms with Crippen LogP contribution in [0.4, 0.5) is 0 Å². The molecule has 0 radical (unpaired) electrons. The second-order valence-electron chi connectivity index (χ2n) is 6.09. The van der Waals surface area contributed by atoms with Crippen molar-refractivity contribution in [1.82, 2.24) is 15.6 Å². The summed E-state index contributed by atoms with van der Waals surface area (Å²) in [5.74, 6) is 2.77. The molecule has 1 aromatic heterocycles. The number of nitrogens with one attached hydrogen (secondary N) is 2. The van der Waals surface area contributed by atoms with Gasteiger partial charge in [0.25, 0.3) is 0 Å². The summed E-state index contributed by atoms with van der Waals surface area (Å²) < 4.78 is 5.58. The minimum atomic E-state index is 0.384. The molecule has 1 saturated carbocycles. The molecule has 24 heavy (non-hydrogen) atoms. The van der Waals surface area contributed by atoms with Gasteiger partial charge in [-0.25, -0.2) is 9.98 Å². The van der Waals surface area contributed by atoms with Crippen molar-refractivity contribution in [1.29, 1.82) is 0 Å². The number of aromatic nitrogens is 1. The predicted octanol–water partition coefficient (Wildman–Crippen LogP) is 3.56. The Labute approximate surface area is 147 Å². The first-order valence-corrected chi connectivity index (χ1v) is 8.68. The summed E-state index contributed by atoms with van der Waals surface area (Å²) in [6, 6.07) is 8.45. The third kappa shape index (κ3) is 4.09. The van der Waals surface area contributed by atoms with Gasteiger partial charge in [-0.2, -0.15) is 0 Å². The topological polar surface area (TPSA) is 62.5 Å². The number of benzene rings is 1. The van der Waals surface area contributed by atoms with E-state index in [2.05, 4.69) is 33.6 Å². The monoisotopic (exact) mass is 346 g/mol. The van der Waals surface area contributed by atoms with Gasteiger partial charge in [-0.1, -0.05) is 23.7 Å². The van der Waals surface area contributed by atoms with Crippen LogP contribution in [0.5, 0.6) is 0 Å². The maximum atomic E-state index is 6.08. The first-order chi connectivity index (χ1) is 11.6. The van der Waals surface area contributed by atoms with Crippen molar-refractivity contribution < 1.29 is 4.42 Å². The smallest absolute Gasteiger partial charge is 0.216 e. The van der Waals surface area contributed by atoms with E-state index in [1.54, 1.807) is 0 Å². The summed E-state index contributed by atoms with van der Waals surface area (Å²) in [5.41, 5.74) is 2.19. The van der Waals surface area contributed by atoms with Crippen LogP contribution in [0.15, 0.2) is 33.7 Å². The lowest BCUT2D eigenvalue weighted by Crippen LogP contribution is -2.39. The largest absolute Gasteiger partial charge is 0.444 e. The zero-order valence-electron chi connectivity index (χ0n) is 14.3. The molecule has 3 rings (SSSR count). The van der Waals surface area contributed by atoms with Crippen molar-refractivity contribution in [3.05, 3.63) is 52.2 Å². The molecule has 128 valence electrons. The van der Waals surface area contributed by atoms with Gasteiger partial charge in [0.2, 0.25) is 5.89 Å². The highest BCUT2D eigenvalue weighted by Crippen LogP contribution is 2.41. The van der Waals surface area contributed by atoms with Gasteiger partial charge in [0.1, 0.15) is 12.3 Å². The third-order valence-corrected chi connectivity index (χ3v) is 4.41. The van der Waals surface area contributed by atoms with Gasteiger partial charge in [0, 0.05) is 23.5 Å². The summed E-state index contributed by atoms with van der Waals surface area (Å²) >= 11 is 6.08. The van der Waals surface area contributed by atoms with Crippen molar-refractivity contribution in [2.45, 2.75) is 45.7 Å². The van der Waals surface area contributed by atoms with E-state index >= 15 is 0 Å². The summed E-state index contributed by atoms with van der Waals surface area (Å²) in [6.07, 6.45) is 1.09. The number of halogens is 1. The van der Waals surface area contributed by atoms with E-state index in [9.17, 15) is 0 Å². The minimum Gasteiger partial charge on any atom is -0.444 e. The second kappa shape index (κ2) is 7.26. The Morgan fingerprint density at radius 3 is 2.92 bits per heavy atom. The first kappa shape index (κ1) is 16.8. The highest BCUT2D eigenvalue weighted by atomic mass is 35.5. The van der Waals surface area contributed by atoms with Crippen LogP contribution < -0.4 is 10.6 Å². The Balaban J connectivity index is 1.61. The van der Waals surface area contributed by atoms with E-state index in [0.717, 1.165) is 35.4 Å². The maximum Gasteiger partial charge on any atom is 0.216 e. The van der Waals surface area contributed by atoms with Crippen LogP contribution in [0, 0.1) is 13.8 Å². The van der Waals surface area contributed by atoms with E-state index < -0.39 is 0 Å². The Morgan fingerprint density at radius 2 is 2.25 bits per heavy atom. The lowest BCUT2D eigenvalue weighted by molar-refractivity contribution is 0.472. The van der Waals surface area contributed by atoms with Crippen LogP contribution in [0.2, 0.25) is 5.02 Å². The predicted molar refractivity (Wildman–Crippen MR) is 96.5 cm³/mol. The summed E-state index contributed by atoms with van der Waals surface area (Å²) in [7, 11) is 0. The molecular formula is C18H23ClN4O. The quantitative estimate of drug-likeness (QED) is 0.642. The molecule has 1 aliphatic carbocycles. The average molecular weight is 347 g/mol. The fraction of sp³-hybridized carbons (Fsp3) is 0.444. The molecule has 5 nitrogen and oxygen atoms in total. The van der Waals surface area contributed by atoms with E-state index in [0.29, 0.717) is 24.4 Å². The molecule has 2 N–H and O–H groups in total. The fourth-order valence-electron chi connectivity index (χ4n) is 2.71. The van der Waals surface area contributed by atoms with Gasteiger partial charge in [-0.15, -0.1) is 0 Å². The molecule has 0 bridgehead atoms. The van der Waals surface area contributed by atoms with Gasteiger partial charge in [0.15, 0.2) is 5.96 Å². The second-order valence-corrected chi connectivity index (χ2v) is 6.53. The molecule has 0 spiro atoms. The molecule has 1 aromatic carbocycles. The fourth-order valence-corrected chi connectivity index (χ4v) is 2.91. The Morgan fingerprint density at radius 1 is 1.42 bits per heavy atom. The molecule has 2 atom stereocenters. The van der Waals surface area contributed by atoms with Gasteiger partial charge in [0.05, 0.1) is 5.69 Å². The number of aliphatic imine (C=N–C) groups is 1. The standard InChI is InChI=1S/C18H23ClN4O/c1-4-20-18(21-10-17-22-11(2)12(3)24-17)23-16-9-15(16)13-6-5-7-14(19)8-13/h5-8,15-16H,4,9-10H2,1-3H3,(H2,20,21,23). The minimum absolute atomic E-state index is 0.384. The number of hydrogen-bond acceptors (Lipinski definition) is 3. The van der Waals surface area contributed by atoms with Gasteiger partial charge in [-0.3, -0.25) is 0 Å². The molecule has 1 aliphatic rings. The molecule has 1 heterocycles. The zero-order valence-corrected chi connectivity index (χ0v) is 15.0. The van der Waals surface area contributed by atoms with Gasteiger partial charge < -0.3 is 15.1 Å². The lowest BCUT2D eigenvalue weighted by Gasteiger charge is -2.11. The molecule has 1 fully saturated rings. The van der Waals surface area contributed by atoms with E-state index in [-0.39, 0.29) is 0 Å². The number of rotatable bonds is 5. The van der Waals surface area contributed by atoms with Crippen LogP contribution >= 0.6 is 11.6 Å². The molecule has 0 saturated heterocycles. The summed E-state index contributed by atoms with van der Waals surface area (Å²) in [6.45, 7) is 7.15. The van der Waals surface area contributed by atoms with Crippen molar-refractivity contribution in [3.8, 4) is 0 Å². The Bertz CT molecular complexity index is 721. The first-order valence-electron chi connectivity index (χ1n) is 8.30. The van der Waals surface area contributed by atoms with Crippen LogP contribution in [0.1, 0.15) is 42.2 Å². The SMILES string of the molecule is CCNC(=NCc1nc(C)c(C)o1)NC1CC1c1cccc(Cl)c1. The average Bonchev–Trinajstić information content (AvgIpc) is 3.24. The normalized spacial score (nSPS) is 20.1. The Hall–Kier alpha value is -2.01. The Kier molecular flexibility index (Phi) is 5.09. The van der Waals surface area contributed by atoms with E-state index in [4.69, 9.17) is 16.0 Å². The highest BCUT2D eigenvalue weighted by molar-refractivity contribution is 6.30. The summed E-state index contributed by atoms with van der Waals surface area (Å²) in [4.78, 5) is 8.94. The lowest BCUT2D eigenvalue weighted by atomic mass is 10.1. The molecule has 6 heteroatoms. The van der Waals surface area contributed by atoms with E-state index in [1.165, 1.54) is 5.56 Å². The summed E-state index contributed by atoms with van der Waals surface area (Å²) in [5, 5.41) is 7.54. The molecular weight excluding hydrogens is 324 g/mol.